The van der Waals surface area contributed by atoms with Crippen molar-refractivity contribution in [2.24, 2.45) is 0 Å². The van der Waals surface area contributed by atoms with Crippen LogP contribution in [0.15, 0.2) is 12.1 Å². The average Bonchev–Trinajstić information content (AvgIpc) is 2.23. The fourth-order valence-corrected chi connectivity index (χ4v) is 1.79. The van der Waals surface area contributed by atoms with E-state index in [2.05, 4.69) is 15.3 Å². The quantitative estimate of drug-likeness (QED) is 0.779. The standard InChI is InChI=1S/C10H9Cl2N3/c1-5-7(11)4-3-6-8(5)14-10(12)15-9(6)13-2/h3-4H,1-2H3,(H,13,14,15). The molecule has 5 heteroatoms. The Labute approximate surface area is 97.4 Å². The highest BCUT2D eigenvalue weighted by atomic mass is 35.5. The summed E-state index contributed by atoms with van der Waals surface area (Å²) in [7, 11) is 1.79. The molecular formula is C10H9Cl2N3. The van der Waals surface area contributed by atoms with Crippen LogP contribution in [-0.2, 0) is 0 Å². The van der Waals surface area contributed by atoms with Gasteiger partial charge < -0.3 is 5.32 Å². The van der Waals surface area contributed by atoms with Crippen molar-refractivity contribution in [3.63, 3.8) is 0 Å². The highest BCUT2D eigenvalue weighted by Gasteiger charge is 2.09. The number of anilines is 1. The summed E-state index contributed by atoms with van der Waals surface area (Å²) in [5, 5.41) is 4.80. The molecule has 0 aliphatic heterocycles. The Bertz CT molecular complexity index is 526. The minimum absolute atomic E-state index is 0.220. The molecule has 1 aromatic heterocycles. The van der Waals surface area contributed by atoms with Gasteiger partial charge in [0.25, 0.3) is 0 Å². The molecule has 0 spiro atoms. The van der Waals surface area contributed by atoms with Crippen LogP contribution < -0.4 is 5.32 Å². The zero-order valence-corrected chi connectivity index (χ0v) is 9.82. The first-order chi connectivity index (χ1) is 7.13. The second kappa shape index (κ2) is 3.83. The monoisotopic (exact) mass is 241 g/mol. The van der Waals surface area contributed by atoms with Crippen molar-refractivity contribution in [2.45, 2.75) is 6.92 Å². The van der Waals surface area contributed by atoms with Crippen molar-refractivity contribution < 1.29 is 0 Å². The summed E-state index contributed by atoms with van der Waals surface area (Å²) in [4.78, 5) is 8.27. The summed E-state index contributed by atoms with van der Waals surface area (Å²) in [6, 6.07) is 3.71. The molecule has 2 rings (SSSR count). The molecule has 0 atom stereocenters. The first-order valence-electron chi connectivity index (χ1n) is 4.43. The van der Waals surface area contributed by atoms with E-state index >= 15 is 0 Å². The van der Waals surface area contributed by atoms with Gasteiger partial charge in [0.2, 0.25) is 5.28 Å². The van der Waals surface area contributed by atoms with Crippen LogP contribution in [0.3, 0.4) is 0 Å². The summed E-state index contributed by atoms with van der Waals surface area (Å²) in [5.41, 5.74) is 1.70. The number of aromatic nitrogens is 2. The van der Waals surface area contributed by atoms with Crippen LogP contribution in [0.25, 0.3) is 10.9 Å². The molecule has 0 amide bonds. The number of nitrogens with one attached hydrogen (secondary N) is 1. The van der Waals surface area contributed by atoms with E-state index in [0.717, 1.165) is 16.5 Å². The van der Waals surface area contributed by atoms with Gasteiger partial charge in [0.05, 0.1) is 5.52 Å². The number of halogens is 2. The van der Waals surface area contributed by atoms with Gasteiger partial charge in [-0.1, -0.05) is 11.6 Å². The first kappa shape index (κ1) is 10.5. The highest BCUT2D eigenvalue weighted by Crippen LogP contribution is 2.28. The summed E-state index contributed by atoms with van der Waals surface area (Å²) in [6.45, 7) is 1.91. The number of aryl methyl sites for hydroxylation is 1. The minimum atomic E-state index is 0.220. The predicted octanol–water partition coefficient (Wildman–Crippen LogP) is 3.29. The molecule has 1 heterocycles. The maximum absolute atomic E-state index is 6.01. The Morgan fingerprint density at radius 2 is 1.93 bits per heavy atom. The molecule has 0 aliphatic rings. The molecule has 1 N–H and O–H groups in total. The molecule has 0 fully saturated rings. The van der Waals surface area contributed by atoms with E-state index in [4.69, 9.17) is 23.2 Å². The Morgan fingerprint density at radius 1 is 1.20 bits per heavy atom. The second-order valence-corrected chi connectivity index (χ2v) is 3.91. The van der Waals surface area contributed by atoms with Crippen molar-refractivity contribution in [1.82, 2.24) is 9.97 Å². The van der Waals surface area contributed by atoms with Gasteiger partial charge in [-0.25, -0.2) is 9.97 Å². The van der Waals surface area contributed by atoms with Gasteiger partial charge in [0.15, 0.2) is 0 Å². The van der Waals surface area contributed by atoms with Crippen LogP contribution in [0.2, 0.25) is 10.3 Å². The first-order valence-corrected chi connectivity index (χ1v) is 5.19. The molecule has 15 heavy (non-hydrogen) atoms. The van der Waals surface area contributed by atoms with Gasteiger partial charge in [-0.3, -0.25) is 0 Å². The summed E-state index contributed by atoms with van der Waals surface area (Å²) in [6.07, 6.45) is 0. The van der Waals surface area contributed by atoms with Crippen LogP contribution in [0.5, 0.6) is 0 Å². The number of benzene rings is 1. The third kappa shape index (κ3) is 1.73. The minimum Gasteiger partial charge on any atom is -0.372 e. The number of hydrogen-bond acceptors (Lipinski definition) is 3. The molecule has 3 nitrogen and oxygen atoms in total. The highest BCUT2D eigenvalue weighted by molar-refractivity contribution is 6.32. The van der Waals surface area contributed by atoms with Crippen LogP contribution >= 0.6 is 23.2 Å². The zero-order chi connectivity index (χ0) is 11.0. The number of hydrogen-bond donors (Lipinski definition) is 1. The van der Waals surface area contributed by atoms with Gasteiger partial charge in [-0.15, -0.1) is 0 Å². The lowest BCUT2D eigenvalue weighted by Gasteiger charge is -2.07. The summed E-state index contributed by atoms with van der Waals surface area (Å²) >= 11 is 11.8. The second-order valence-electron chi connectivity index (χ2n) is 3.16. The van der Waals surface area contributed by atoms with Crippen molar-refractivity contribution in [3.8, 4) is 0 Å². The van der Waals surface area contributed by atoms with Gasteiger partial charge in [-0.2, -0.15) is 0 Å². The van der Waals surface area contributed by atoms with E-state index in [9.17, 15) is 0 Å². The molecule has 1 aromatic carbocycles. The molecular weight excluding hydrogens is 233 g/mol. The molecule has 2 aromatic rings. The van der Waals surface area contributed by atoms with E-state index in [1.807, 2.05) is 19.1 Å². The van der Waals surface area contributed by atoms with E-state index in [1.165, 1.54) is 0 Å². The lowest BCUT2D eigenvalue weighted by atomic mass is 10.1. The normalized spacial score (nSPS) is 10.7. The molecule has 78 valence electrons. The maximum atomic E-state index is 6.01. The van der Waals surface area contributed by atoms with Crippen LogP contribution in [0.4, 0.5) is 5.82 Å². The average molecular weight is 242 g/mol. The Morgan fingerprint density at radius 3 is 2.60 bits per heavy atom. The topological polar surface area (TPSA) is 37.8 Å². The third-order valence-electron chi connectivity index (χ3n) is 2.26. The number of fused-ring (bicyclic) bond motifs is 1. The Kier molecular flexibility index (Phi) is 2.67. The van der Waals surface area contributed by atoms with Gasteiger partial charge in [0, 0.05) is 17.5 Å². The summed E-state index contributed by atoms with van der Waals surface area (Å²) in [5.74, 6) is 0.713. The van der Waals surface area contributed by atoms with Gasteiger partial charge in [-0.05, 0) is 36.2 Å². The van der Waals surface area contributed by atoms with Gasteiger partial charge in [0.1, 0.15) is 5.82 Å². The Hall–Kier alpha value is -1.06. The molecule has 0 unspecified atom stereocenters. The third-order valence-corrected chi connectivity index (χ3v) is 2.84. The fourth-order valence-electron chi connectivity index (χ4n) is 1.47. The van der Waals surface area contributed by atoms with Crippen molar-refractivity contribution in [1.29, 1.82) is 0 Å². The molecule has 0 saturated heterocycles. The zero-order valence-electron chi connectivity index (χ0n) is 8.31. The van der Waals surface area contributed by atoms with Crippen LogP contribution in [0.1, 0.15) is 5.56 Å². The molecule has 0 radical (unpaired) electrons. The van der Waals surface area contributed by atoms with E-state index in [1.54, 1.807) is 7.05 Å². The Balaban J connectivity index is 2.89. The van der Waals surface area contributed by atoms with E-state index in [-0.39, 0.29) is 5.28 Å². The number of rotatable bonds is 1. The number of nitrogens with zero attached hydrogens (tertiary/aromatic N) is 2. The summed E-state index contributed by atoms with van der Waals surface area (Å²) < 4.78 is 0. The van der Waals surface area contributed by atoms with E-state index < -0.39 is 0 Å². The van der Waals surface area contributed by atoms with E-state index in [0.29, 0.717) is 10.8 Å². The molecule has 0 aliphatic carbocycles. The van der Waals surface area contributed by atoms with Crippen molar-refractivity contribution in [3.05, 3.63) is 28.0 Å². The maximum Gasteiger partial charge on any atom is 0.224 e. The smallest absolute Gasteiger partial charge is 0.224 e. The molecule has 0 saturated carbocycles. The lowest BCUT2D eigenvalue weighted by molar-refractivity contribution is 1.20. The largest absolute Gasteiger partial charge is 0.372 e. The van der Waals surface area contributed by atoms with Gasteiger partial charge >= 0.3 is 0 Å². The van der Waals surface area contributed by atoms with Crippen LogP contribution in [0, 0.1) is 6.92 Å². The molecule has 0 bridgehead atoms. The lowest BCUT2D eigenvalue weighted by Crippen LogP contribution is -1.97. The SMILES string of the molecule is CNc1nc(Cl)nc2c(C)c(Cl)ccc12. The van der Waals surface area contributed by atoms with Crippen molar-refractivity contribution in [2.75, 3.05) is 12.4 Å². The van der Waals surface area contributed by atoms with Crippen molar-refractivity contribution >= 4 is 39.9 Å². The van der Waals surface area contributed by atoms with Crippen LogP contribution in [-0.4, -0.2) is 17.0 Å². The fraction of sp³-hybridized carbons (Fsp3) is 0.200. The predicted molar refractivity (Wildman–Crippen MR) is 63.8 cm³/mol.